The molecule has 1 saturated heterocycles. The number of aromatic nitrogens is 1. The second-order valence-corrected chi connectivity index (χ2v) is 5.10. The van der Waals surface area contributed by atoms with Crippen molar-refractivity contribution in [3.05, 3.63) is 28.3 Å². The molecule has 7 nitrogen and oxygen atoms in total. The number of nitro benzene ring substituents is 1. The normalized spacial score (nSPS) is 18.8. The second kappa shape index (κ2) is 6.09. The largest absolute Gasteiger partial charge is 0.423 e. The summed E-state index contributed by atoms with van der Waals surface area (Å²) in [4.78, 5) is 14.6. The van der Waals surface area contributed by atoms with E-state index in [2.05, 4.69) is 10.3 Å². The topological polar surface area (TPSA) is 90.4 Å². The predicted molar refractivity (Wildman–Crippen MR) is 77.4 cm³/mol. The lowest BCUT2D eigenvalue weighted by Gasteiger charge is -2.22. The number of hydrogen-bond donors (Lipinski definition) is 1. The van der Waals surface area contributed by atoms with E-state index in [4.69, 9.17) is 9.15 Å². The van der Waals surface area contributed by atoms with Gasteiger partial charge in [-0.05, 0) is 31.7 Å². The Morgan fingerprint density at radius 2 is 2.33 bits per heavy atom. The molecule has 21 heavy (non-hydrogen) atoms. The Bertz CT molecular complexity index is 634. The molecule has 1 aromatic heterocycles. The van der Waals surface area contributed by atoms with Gasteiger partial charge < -0.3 is 14.5 Å². The number of non-ortho nitro benzene ring substituents is 1. The molecule has 1 aliphatic heterocycles. The third-order valence-electron chi connectivity index (χ3n) is 3.61. The van der Waals surface area contributed by atoms with Crippen LogP contribution in [0.5, 0.6) is 0 Å². The Morgan fingerprint density at radius 1 is 1.43 bits per heavy atom. The van der Waals surface area contributed by atoms with Crippen LogP contribution in [0.25, 0.3) is 11.1 Å². The van der Waals surface area contributed by atoms with Gasteiger partial charge in [0.05, 0.1) is 11.0 Å². The maximum absolute atomic E-state index is 10.9. The predicted octanol–water partition coefficient (Wildman–Crippen LogP) is 3.11. The highest BCUT2D eigenvalue weighted by molar-refractivity contribution is 5.83. The number of benzene rings is 1. The first-order valence-electron chi connectivity index (χ1n) is 7.13. The molecule has 1 fully saturated rings. The molecule has 1 aliphatic rings. The van der Waals surface area contributed by atoms with Gasteiger partial charge in [-0.2, -0.15) is 4.98 Å². The van der Waals surface area contributed by atoms with Crippen molar-refractivity contribution in [1.82, 2.24) is 4.98 Å². The van der Waals surface area contributed by atoms with E-state index in [1.54, 1.807) is 12.1 Å². The fraction of sp³-hybridized carbons (Fsp3) is 0.500. The van der Waals surface area contributed by atoms with Crippen LogP contribution >= 0.6 is 0 Å². The molecule has 0 bridgehead atoms. The number of para-hydroxylation sites is 1. The summed E-state index contributed by atoms with van der Waals surface area (Å²) < 4.78 is 11.1. The van der Waals surface area contributed by atoms with Gasteiger partial charge in [-0.1, -0.05) is 6.07 Å². The molecule has 1 aromatic carbocycles. The van der Waals surface area contributed by atoms with Crippen molar-refractivity contribution in [2.24, 2.45) is 0 Å². The Labute approximate surface area is 121 Å². The SMILES string of the molecule is O=[N+]([O-])c1cccc2oc(NCCC3CCCCO3)nc12. The van der Waals surface area contributed by atoms with E-state index in [0.29, 0.717) is 18.1 Å². The second-order valence-electron chi connectivity index (χ2n) is 5.10. The third kappa shape index (κ3) is 3.13. The molecular weight excluding hydrogens is 274 g/mol. The first kappa shape index (κ1) is 13.8. The molecule has 0 spiro atoms. The van der Waals surface area contributed by atoms with Gasteiger partial charge in [0.15, 0.2) is 11.1 Å². The average molecular weight is 291 g/mol. The summed E-state index contributed by atoms with van der Waals surface area (Å²) in [5.74, 6) is 0. The lowest BCUT2D eigenvalue weighted by Crippen LogP contribution is -2.22. The number of fused-ring (bicyclic) bond motifs is 1. The number of nitro groups is 1. The molecule has 2 heterocycles. The van der Waals surface area contributed by atoms with Crippen LogP contribution in [0.4, 0.5) is 11.7 Å². The van der Waals surface area contributed by atoms with Crippen molar-refractivity contribution in [2.45, 2.75) is 31.8 Å². The number of hydrogen-bond acceptors (Lipinski definition) is 6. The third-order valence-corrected chi connectivity index (χ3v) is 3.61. The lowest BCUT2D eigenvalue weighted by atomic mass is 10.1. The summed E-state index contributed by atoms with van der Waals surface area (Å²) in [6.07, 6.45) is 4.59. The maximum Gasteiger partial charge on any atom is 0.298 e. The van der Waals surface area contributed by atoms with E-state index in [1.165, 1.54) is 12.5 Å². The number of nitrogens with zero attached hydrogens (tertiary/aromatic N) is 2. The molecule has 1 atom stereocenters. The smallest absolute Gasteiger partial charge is 0.298 e. The minimum absolute atomic E-state index is 0.0417. The summed E-state index contributed by atoms with van der Waals surface area (Å²) in [6, 6.07) is 5.00. The monoisotopic (exact) mass is 291 g/mol. The van der Waals surface area contributed by atoms with Gasteiger partial charge in [-0.15, -0.1) is 0 Å². The van der Waals surface area contributed by atoms with Gasteiger partial charge in [0, 0.05) is 19.2 Å². The van der Waals surface area contributed by atoms with Crippen molar-refractivity contribution in [3.63, 3.8) is 0 Å². The van der Waals surface area contributed by atoms with Crippen LogP contribution in [0.3, 0.4) is 0 Å². The van der Waals surface area contributed by atoms with Gasteiger partial charge in [0.2, 0.25) is 0 Å². The van der Waals surface area contributed by atoms with Crippen molar-refractivity contribution in [1.29, 1.82) is 0 Å². The van der Waals surface area contributed by atoms with E-state index >= 15 is 0 Å². The molecular formula is C14H17N3O4. The Morgan fingerprint density at radius 3 is 3.10 bits per heavy atom. The Hall–Kier alpha value is -2.15. The highest BCUT2D eigenvalue weighted by Gasteiger charge is 2.18. The van der Waals surface area contributed by atoms with Crippen LogP contribution in [0, 0.1) is 10.1 Å². The zero-order valence-corrected chi connectivity index (χ0v) is 11.6. The summed E-state index contributed by atoms with van der Waals surface area (Å²) in [7, 11) is 0. The van der Waals surface area contributed by atoms with Crippen molar-refractivity contribution >= 4 is 22.8 Å². The van der Waals surface area contributed by atoms with Gasteiger partial charge in [0.1, 0.15) is 0 Å². The molecule has 3 rings (SSSR count). The Balaban J connectivity index is 1.64. The van der Waals surface area contributed by atoms with Gasteiger partial charge in [-0.3, -0.25) is 10.1 Å². The minimum atomic E-state index is -0.454. The molecule has 112 valence electrons. The van der Waals surface area contributed by atoms with E-state index in [-0.39, 0.29) is 17.3 Å². The highest BCUT2D eigenvalue weighted by Crippen LogP contribution is 2.27. The molecule has 1 N–H and O–H groups in total. The standard InChI is InChI=1S/C14H17N3O4/c18-17(19)11-5-3-6-12-13(11)16-14(21-12)15-8-7-10-4-1-2-9-20-10/h3,5-6,10H,1-2,4,7-9H2,(H,15,16). The van der Waals surface area contributed by atoms with E-state index in [0.717, 1.165) is 25.9 Å². The van der Waals surface area contributed by atoms with E-state index < -0.39 is 4.92 Å². The number of ether oxygens (including phenoxy) is 1. The zero-order valence-electron chi connectivity index (χ0n) is 11.6. The fourth-order valence-electron chi connectivity index (χ4n) is 2.53. The van der Waals surface area contributed by atoms with Crippen LogP contribution in [0.15, 0.2) is 22.6 Å². The lowest BCUT2D eigenvalue weighted by molar-refractivity contribution is -0.383. The molecule has 0 radical (unpaired) electrons. The average Bonchev–Trinajstić information content (AvgIpc) is 2.90. The first-order valence-corrected chi connectivity index (χ1v) is 7.13. The van der Waals surface area contributed by atoms with Gasteiger partial charge >= 0.3 is 0 Å². The summed E-state index contributed by atoms with van der Waals surface area (Å²) in [5, 5.41) is 14.0. The first-order chi connectivity index (χ1) is 10.2. The molecule has 0 amide bonds. The van der Waals surface area contributed by atoms with Crippen LogP contribution in [0.2, 0.25) is 0 Å². The van der Waals surface area contributed by atoms with Crippen LogP contribution in [-0.2, 0) is 4.74 Å². The van der Waals surface area contributed by atoms with Crippen LogP contribution in [-0.4, -0.2) is 29.2 Å². The van der Waals surface area contributed by atoms with Crippen molar-refractivity contribution in [2.75, 3.05) is 18.5 Å². The summed E-state index contributed by atoms with van der Waals surface area (Å²) in [6.45, 7) is 1.50. The van der Waals surface area contributed by atoms with Crippen molar-refractivity contribution in [3.8, 4) is 0 Å². The van der Waals surface area contributed by atoms with E-state index in [9.17, 15) is 10.1 Å². The Kier molecular flexibility index (Phi) is 4.01. The maximum atomic E-state index is 10.9. The summed E-state index contributed by atoms with van der Waals surface area (Å²) >= 11 is 0. The van der Waals surface area contributed by atoms with Crippen LogP contribution in [0.1, 0.15) is 25.7 Å². The number of oxazole rings is 1. The molecule has 0 saturated carbocycles. The van der Waals surface area contributed by atoms with Crippen LogP contribution < -0.4 is 5.32 Å². The fourth-order valence-corrected chi connectivity index (χ4v) is 2.53. The van der Waals surface area contributed by atoms with Crippen molar-refractivity contribution < 1.29 is 14.1 Å². The molecule has 0 aliphatic carbocycles. The molecule has 7 heteroatoms. The number of anilines is 1. The highest BCUT2D eigenvalue weighted by atomic mass is 16.6. The molecule has 2 aromatic rings. The van der Waals surface area contributed by atoms with E-state index in [1.807, 2.05) is 0 Å². The quantitative estimate of drug-likeness (QED) is 0.672. The minimum Gasteiger partial charge on any atom is -0.423 e. The van der Waals surface area contributed by atoms with Gasteiger partial charge in [-0.25, -0.2) is 0 Å². The summed E-state index contributed by atoms with van der Waals surface area (Å²) in [5.41, 5.74) is 0.652. The number of nitrogens with one attached hydrogen (secondary N) is 1. The van der Waals surface area contributed by atoms with Gasteiger partial charge in [0.25, 0.3) is 11.7 Å². The number of rotatable bonds is 5. The molecule has 1 unspecified atom stereocenters. The zero-order chi connectivity index (χ0) is 14.7.